The maximum Gasteiger partial charge on any atom is 0.122 e. The van der Waals surface area contributed by atoms with Crippen LogP contribution in [0.25, 0.3) is 0 Å². The van der Waals surface area contributed by atoms with E-state index in [0.717, 1.165) is 30.6 Å². The van der Waals surface area contributed by atoms with Crippen molar-refractivity contribution in [3.05, 3.63) is 24.3 Å². The molecule has 1 fully saturated rings. The zero-order valence-corrected chi connectivity index (χ0v) is 11.1. The first-order valence-electron chi connectivity index (χ1n) is 6.78. The second kappa shape index (κ2) is 6.64. The van der Waals surface area contributed by atoms with Crippen molar-refractivity contribution in [2.24, 2.45) is 17.6 Å². The Labute approximate surface area is 109 Å². The quantitative estimate of drug-likeness (QED) is 0.872. The van der Waals surface area contributed by atoms with Crippen LogP contribution in [0.4, 0.5) is 0 Å². The highest BCUT2D eigenvalue weighted by Crippen LogP contribution is 2.29. The van der Waals surface area contributed by atoms with Crippen LogP contribution >= 0.6 is 0 Å². The minimum Gasteiger partial charge on any atom is -0.497 e. The fourth-order valence-corrected chi connectivity index (χ4v) is 2.54. The van der Waals surface area contributed by atoms with Gasteiger partial charge in [-0.05, 0) is 56.2 Å². The average molecular weight is 249 g/mol. The van der Waals surface area contributed by atoms with Crippen molar-refractivity contribution in [3.63, 3.8) is 0 Å². The summed E-state index contributed by atoms with van der Waals surface area (Å²) >= 11 is 0. The van der Waals surface area contributed by atoms with Crippen molar-refractivity contribution >= 4 is 0 Å². The van der Waals surface area contributed by atoms with Gasteiger partial charge in [0.15, 0.2) is 0 Å². The molecule has 2 N–H and O–H groups in total. The Hall–Kier alpha value is -1.22. The highest BCUT2D eigenvalue weighted by atomic mass is 16.5. The van der Waals surface area contributed by atoms with E-state index >= 15 is 0 Å². The van der Waals surface area contributed by atoms with E-state index in [4.69, 9.17) is 15.2 Å². The van der Waals surface area contributed by atoms with Crippen LogP contribution in [0.1, 0.15) is 25.7 Å². The molecule has 0 aliphatic heterocycles. The lowest BCUT2D eigenvalue weighted by Gasteiger charge is -2.27. The summed E-state index contributed by atoms with van der Waals surface area (Å²) in [6, 6.07) is 7.80. The van der Waals surface area contributed by atoms with Gasteiger partial charge in [0, 0.05) is 6.07 Å². The lowest BCUT2D eigenvalue weighted by Crippen LogP contribution is -2.24. The summed E-state index contributed by atoms with van der Waals surface area (Å²) in [5.41, 5.74) is 5.70. The van der Waals surface area contributed by atoms with Crippen molar-refractivity contribution in [2.75, 3.05) is 20.3 Å². The summed E-state index contributed by atoms with van der Waals surface area (Å²) in [5.74, 6) is 3.16. The van der Waals surface area contributed by atoms with Crippen molar-refractivity contribution in [1.82, 2.24) is 0 Å². The number of nitrogens with two attached hydrogens (primary N) is 1. The van der Waals surface area contributed by atoms with Gasteiger partial charge >= 0.3 is 0 Å². The van der Waals surface area contributed by atoms with Crippen LogP contribution in [-0.2, 0) is 0 Å². The van der Waals surface area contributed by atoms with Crippen molar-refractivity contribution in [3.8, 4) is 11.5 Å². The summed E-state index contributed by atoms with van der Waals surface area (Å²) in [5, 5.41) is 0. The molecule has 0 saturated heterocycles. The number of benzene rings is 1. The largest absolute Gasteiger partial charge is 0.497 e. The standard InChI is InChI=1S/C15H23NO2/c1-17-14-3-2-4-15(9-14)18-11-13-7-5-12(10-16)6-8-13/h2-4,9,12-13H,5-8,10-11,16H2,1H3. The fourth-order valence-electron chi connectivity index (χ4n) is 2.54. The first-order valence-corrected chi connectivity index (χ1v) is 6.78. The zero-order chi connectivity index (χ0) is 12.8. The predicted molar refractivity (Wildman–Crippen MR) is 73.0 cm³/mol. The molecule has 0 bridgehead atoms. The van der Waals surface area contributed by atoms with E-state index in [1.54, 1.807) is 7.11 Å². The molecule has 0 amide bonds. The molecule has 3 nitrogen and oxygen atoms in total. The molecule has 0 atom stereocenters. The smallest absolute Gasteiger partial charge is 0.122 e. The van der Waals surface area contributed by atoms with Crippen LogP contribution in [0.5, 0.6) is 11.5 Å². The Kier molecular flexibility index (Phi) is 4.88. The Morgan fingerprint density at radius 2 is 1.78 bits per heavy atom. The lowest BCUT2D eigenvalue weighted by atomic mass is 9.82. The van der Waals surface area contributed by atoms with Gasteiger partial charge in [-0.15, -0.1) is 0 Å². The molecule has 0 radical (unpaired) electrons. The molecule has 0 aromatic heterocycles. The minimum atomic E-state index is 0.680. The molecule has 1 saturated carbocycles. The zero-order valence-electron chi connectivity index (χ0n) is 11.1. The van der Waals surface area contributed by atoms with Gasteiger partial charge in [0.1, 0.15) is 11.5 Å². The summed E-state index contributed by atoms with van der Waals surface area (Å²) in [6.07, 6.45) is 4.99. The van der Waals surface area contributed by atoms with E-state index < -0.39 is 0 Å². The van der Waals surface area contributed by atoms with Crippen LogP contribution in [0.2, 0.25) is 0 Å². The van der Waals surface area contributed by atoms with E-state index in [9.17, 15) is 0 Å². The molecule has 1 aliphatic carbocycles. The molecule has 1 aromatic rings. The average Bonchev–Trinajstić information content (AvgIpc) is 2.46. The van der Waals surface area contributed by atoms with E-state index in [2.05, 4.69) is 0 Å². The Balaban J connectivity index is 1.77. The van der Waals surface area contributed by atoms with E-state index in [-0.39, 0.29) is 0 Å². The van der Waals surface area contributed by atoms with Crippen molar-refractivity contribution < 1.29 is 9.47 Å². The Morgan fingerprint density at radius 1 is 1.11 bits per heavy atom. The van der Waals surface area contributed by atoms with Crippen LogP contribution in [0.15, 0.2) is 24.3 Å². The molecule has 1 aliphatic rings. The maximum atomic E-state index is 5.85. The van der Waals surface area contributed by atoms with Crippen molar-refractivity contribution in [1.29, 1.82) is 0 Å². The SMILES string of the molecule is COc1cccc(OCC2CCC(CN)CC2)c1. The molecule has 0 unspecified atom stereocenters. The third-order valence-corrected chi connectivity index (χ3v) is 3.83. The van der Waals surface area contributed by atoms with Gasteiger partial charge in [0.2, 0.25) is 0 Å². The van der Waals surface area contributed by atoms with Crippen LogP contribution in [0.3, 0.4) is 0 Å². The third-order valence-electron chi connectivity index (χ3n) is 3.83. The number of rotatable bonds is 5. The van der Waals surface area contributed by atoms with Gasteiger partial charge in [0.25, 0.3) is 0 Å². The highest BCUT2D eigenvalue weighted by Gasteiger charge is 2.20. The highest BCUT2D eigenvalue weighted by molar-refractivity contribution is 5.32. The summed E-state index contributed by atoms with van der Waals surface area (Å²) in [4.78, 5) is 0. The summed E-state index contributed by atoms with van der Waals surface area (Å²) in [6.45, 7) is 1.65. The third kappa shape index (κ3) is 3.64. The maximum absolute atomic E-state index is 5.85. The van der Waals surface area contributed by atoms with Crippen LogP contribution in [0, 0.1) is 11.8 Å². The van der Waals surface area contributed by atoms with Gasteiger partial charge in [-0.3, -0.25) is 0 Å². The number of ether oxygens (including phenoxy) is 2. The molecule has 18 heavy (non-hydrogen) atoms. The first-order chi connectivity index (χ1) is 8.81. The van der Waals surface area contributed by atoms with Gasteiger partial charge in [-0.25, -0.2) is 0 Å². The predicted octanol–water partition coefficient (Wildman–Crippen LogP) is 2.84. The lowest BCUT2D eigenvalue weighted by molar-refractivity contribution is 0.184. The van der Waals surface area contributed by atoms with Crippen LogP contribution < -0.4 is 15.2 Å². The Bertz CT molecular complexity index is 359. The van der Waals surface area contributed by atoms with E-state index in [1.807, 2.05) is 24.3 Å². The molecular formula is C15H23NO2. The van der Waals surface area contributed by atoms with Gasteiger partial charge < -0.3 is 15.2 Å². The topological polar surface area (TPSA) is 44.5 Å². The van der Waals surface area contributed by atoms with E-state index in [0.29, 0.717) is 5.92 Å². The van der Waals surface area contributed by atoms with Crippen LogP contribution in [-0.4, -0.2) is 20.3 Å². The molecule has 3 heteroatoms. The second-order valence-corrected chi connectivity index (χ2v) is 5.11. The molecule has 0 spiro atoms. The number of methoxy groups -OCH3 is 1. The molecule has 2 rings (SSSR count). The van der Waals surface area contributed by atoms with Crippen molar-refractivity contribution in [2.45, 2.75) is 25.7 Å². The van der Waals surface area contributed by atoms with Gasteiger partial charge in [-0.2, -0.15) is 0 Å². The molecule has 100 valence electrons. The molecular weight excluding hydrogens is 226 g/mol. The minimum absolute atomic E-state index is 0.680. The monoisotopic (exact) mass is 249 g/mol. The normalized spacial score (nSPS) is 23.7. The van der Waals surface area contributed by atoms with Gasteiger partial charge in [0.05, 0.1) is 13.7 Å². The Morgan fingerprint density at radius 3 is 2.44 bits per heavy atom. The second-order valence-electron chi connectivity index (χ2n) is 5.11. The summed E-state index contributed by atoms with van der Waals surface area (Å²) < 4.78 is 11.0. The molecule has 1 aromatic carbocycles. The first kappa shape index (κ1) is 13.2. The molecule has 0 heterocycles. The number of hydrogen-bond acceptors (Lipinski definition) is 3. The van der Waals surface area contributed by atoms with E-state index in [1.165, 1.54) is 25.7 Å². The number of hydrogen-bond donors (Lipinski definition) is 1. The van der Waals surface area contributed by atoms with Gasteiger partial charge in [-0.1, -0.05) is 6.07 Å². The fraction of sp³-hybridized carbons (Fsp3) is 0.600. The summed E-state index contributed by atoms with van der Waals surface area (Å²) in [7, 11) is 1.67.